The number of allylic oxidation sites excluding steroid dienone is 5. The van der Waals surface area contributed by atoms with Crippen LogP contribution in [0.2, 0.25) is 0 Å². The molecular weight excluding hydrogens is 964 g/mol. The molecule has 0 aliphatic heterocycles. The van der Waals surface area contributed by atoms with Gasteiger partial charge in [-0.3, -0.25) is 18.6 Å². The number of carbonyl (C=O) groups excluding carboxylic acids is 2. The van der Waals surface area contributed by atoms with E-state index in [4.69, 9.17) is 13.8 Å². The molecule has 1 amide bonds. The van der Waals surface area contributed by atoms with Crippen LogP contribution in [0.15, 0.2) is 36.5 Å². The number of carbonyl (C=O) groups is 2. The maximum absolute atomic E-state index is 13.6. The first kappa shape index (κ1) is 74.2. The molecule has 448 valence electrons. The van der Waals surface area contributed by atoms with Crippen molar-refractivity contribution in [3.05, 3.63) is 36.5 Å². The predicted octanol–water partition coefficient (Wildman–Crippen LogP) is 20.3. The number of hydrogen-bond donors (Lipinski definition) is 2. The van der Waals surface area contributed by atoms with Crippen molar-refractivity contribution in [3.8, 4) is 0 Å². The molecule has 9 nitrogen and oxygen atoms in total. The Balaban J connectivity index is 5.05. The smallest absolute Gasteiger partial charge is 0.456 e. The summed E-state index contributed by atoms with van der Waals surface area (Å²) in [5, 5.41) is 3.06. The predicted molar refractivity (Wildman–Crippen MR) is 328 cm³/mol. The minimum Gasteiger partial charge on any atom is -0.456 e. The summed E-state index contributed by atoms with van der Waals surface area (Å²) in [5.41, 5.74) is 0. The highest BCUT2D eigenvalue weighted by molar-refractivity contribution is 7.47. The maximum Gasteiger partial charge on any atom is 0.472 e. The molecule has 2 N–H and O–H groups in total. The number of nitrogens with one attached hydrogen (secondary N) is 1. The normalized spacial score (nSPS) is 13.8. The molecule has 0 saturated heterocycles. The SMILES string of the molecule is CCCCCCCC/C=C\CCCCCC(=O)OC(/C=C\CCCCCCCCCCCC)C(COP(=O)(O)OCC[N+](C)(C)C)NC(=O)CCCCCCCCCCCCCCCCC/C=C/CCCCCCCC. The van der Waals surface area contributed by atoms with E-state index in [1.807, 2.05) is 33.3 Å². The number of amides is 1. The lowest BCUT2D eigenvalue weighted by atomic mass is 10.0. The van der Waals surface area contributed by atoms with E-state index in [-0.39, 0.29) is 31.5 Å². The highest BCUT2D eigenvalue weighted by Crippen LogP contribution is 2.43. The third-order valence-corrected chi connectivity index (χ3v) is 15.8. The Morgan fingerprint density at radius 2 is 0.763 bits per heavy atom. The number of nitrogens with zero attached hydrogens (tertiary/aromatic N) is 1. The first-order valence-electron chi connectivity index (χ1n) is 32.8. The summed E-state index contributed by atoms with van der Waals surface area (Å²) in [6, 6.07) is -0.850. The molecule has 0 bridgehead atoms. The fourth-order valence-electron chi connectivity index (χ4n) is 9.70. The summed E-state index contributed by atoms with van der Waals surface area (Å²) < 4.78 is 30.7. The van der Waals surface area contributed by atoms with Crippen LogP contribution >= 0.6 is 7.82 Å². The van der Waals surface area contributed by atoms with Crippen LogP contribution in [0, 0.1) is 0 Å². The molecule has 76 heavy (non-hydrogen) atoms. The fourth-order valence-corrected chi connectivity index (χ4v) is 10.4. The highest BCUT2D eigenvalue weighted by atomic mass is 31.2. The number of quaternary nitrogens is 1. The molecule has 0 spiro atoms. The van der Waals surface area contributed by atoms with E-state index in [1.54, 1.807) is 0 Å². The molecule has 0 aromatic rings. The first-order valence-corrected chi connectivity index (χ1v) is 34.3. The van der Waals surface area contributed by atoms with Gasteiger partial charge >= 0.3 is 13.8 Å². The Labute approximate surface area is 472 Å². The van der Waals surface area contributed by atoms with Gasteiger partial charge in [-0.05, 0) is 83.1 Å². The Kier molecular flexibility index (Phi) is 55.2. The van der Waals surface area contributed by atoms with Gasteiger partial charge in [0, 0.05) is 12.8 Å². The number of rotatable bonds is 60. The molecular formula is C66H128N2O7P+. The minimum absolute atomic E-state index is 0.0402. The van der Waals surface area contributed by atoms with Crippen molar-refractivity contribution in [2.24, 2.45) is 0 Å². The zero-order chi connectivity index (χ0) is 55.7. The van der Waals surface area contributed by atoms with Crippen molar-refractivity contribution in [1.82, 2.24) is 5.32 Å². The monoisotopic (exact) mass is 1090 g/mol. The molecule has 0 aliphatic carbocycles. The van der Waals surface area contributed by atoms with Gasteiger partial charge in [-0.15, -0.1) is 0 Å². The maximum atomic E-state index is 13.6. The Hall–Kier alpha value is -1.77. The average Bonchev–Trinajstić information content (AvgIpc) is 3.38. The number of esters is 1. The van der Waals surface area contributed by atoms with Gasteiger partial charge in [0.1, 0.15) is 19.3 Å². The number of unbranched alkanes of at least 4 members (excludes halogenated alkanes) is 40. The molecule has 0 aliphatic rings. The summed E-state index contributed by atoms with van der Waals surface area (Å²) in [6.07, 6.45) is 68.7. The lowest BCUT2D eigenvalue weighted by molar-refractivity contribution is -0.870. The van der Waals surface area contributed by atoms with Crippen LogP contribution in [-0.2, 0) is 27.9 Å². The fraction of sp³-hybridized carbons (Fsp3) is 0.879. The van der Waals surface area contributed by atoms with Crippen molar-refractivity contribution in [2.75, 3.05) is 40.9 Å². The molecule has 0 aromatic heterocycles. The number of hydrogen-bond acceptors (Lipinski definition) is 6. The lowest BCUT2D eigenvalue weighted by Gasteiger charge is -2.27. The van der Waals surface area contributed by atoms with E-state index in [9.17, 15) is 19.0 Å². The van der Waals surface area contributed by atoms with Crippen LogP contribution in [0.5, 0.6) is 0 Å². The second-order valence-electron chi connectivity index (χ2n) is 23.6. The highest BCUT2D eigenvalue weighted by Gasteiger charge is 2.30. The summed E-state index contributed by atoms with van der Waals surface area (Å²) in [5.74, 6) is -0.511. The summed E-state index contributed by atoms with van der Waals surface area (Å²) >= 11 is 0. The molecule has 0 radical (unpaired) electrons. The van der Waals surface area contributed by atoms with Gasteiger partial charge in [-0.1, -0.05) is 263 Å². The van der Waals surface area contributed by atoms with Crippen LogP contribution in [-0.4, -0.2) is 74.3 Å². The van der Waals surface area contributed by atoms with Crippen molar-refractivity contribution in [2.45, 2.75) is 335 Å². The van der Waals surface area contributed by atoms with Crippen LogP contribution < -0.4 is 5.32 Å². The topological polar surface area (TPSA) is 111 Å². The Bertz CT molecular complexity index is 1400. The number of phosphoric acid groups is 1. The van der Waals surface area contributed by atoms with Crippen LogP contribution in [0.4, 0.5) is 0 Å². The molecule has 0 fully saturated rings. The van der Waals surface area contributed by atoms with E-state index in [1.165, 1.54) is 218 Å². The Morgan fingerprint density at radius 3 is 1.13 bits per heavy atom. The largest absolute Gasteiger partial charge is 0.472 e. The zero-order valence-corrected chi connectivity index (χ0v) is 52.2. The number of ether oxygens (including phenoxy) is 1. The van der Waals surface area contributed by atoms with E-state index in [2.05, 4.69) is 50.4 Å². The van der Waals surface area contributed by atoms with Gasteiger partial charge in [-0.25, -0.2) is 4.57 Å². The second-order valence-corrected chi connectivity index (χ2v) is 25.1. The lowest BCUT2D eigenvalue weighted by Crippen LogP contribution is -2.47. The minimum atomic E-state index is -4.45. The number of phosphoric ester groups is 1. The molecule has 3 atom stereocenters. The number of likely N-dealkylation sites (N-methyl/N-ethyl adjacent to an activating group) is 1. The molecule has 0 saturated carbocycles. The zero-order valence-electron chi connectivity index (χ0n) is 51.3. The second kappa shape index (κ2) is 56.5. The van der Waals surface area contributed by atoms with Crippen molar-refractivity contribution in [1.29, 1.82) is 0 Å². The van der Waals surface area contributed by atoms with E-state index in [0.717, 1.165) is 70.6 Å². The summed E-state index contributed by atoms with van der Waals surface area (Å²) in [7, 11) is 1.50. The molecule has 0 aromatic carbocycles. The van der Waals surface area contributed by atoms with Gasteiger partial charge in [0.25, 0.3) is 0 Å². The van der Waals surface area contributed by atoms with Gasteiger partial charge in [0.05, 0.1) is 33.8 Å². The van der Waals surface area contributed by atoms with Crippen LogP contribution in [0.25, 0.3) is 0 Å². The third-order valence-electron chi connectivity index (χ3n) is 14.8. The van der Waals surface area contributed by atoms with Crippen molar-refractivity contribution >= 4 is 19.7 Å². The summed E-state index contributed by atoms with van der Waals surface area (Å²) in [6.45, 7) is 7.03. The van der Waals surface area contributed by atoms with E-state index < -0.39 is 20.0 Å². The first-order chi connectivity index (χ1) is 36.9. The third kappa shape index (κ3) is 56.9. The molecule has 0 heterocycles. The van der Waals surface area contributed by atoms with Gasteiger partial charge < -0.3 is 19.4 Å². The molecule has 0 rings (SSSR count). The average molecular weight is 1090 g/mol. The van der Waals surface area contributed by atoms with Crippen molar-refractivity contribution < 1.29 is 37.3 Å². The van der Waals surface area contributed by atoms with Crippen LogP contribution in [0.1, 0.15) is 323 Å². The van der Waals surface area contributed by atoms with E-state index >= 15 is 0 Å². The Morgan fingerprint density at radius 1 is 0.447 bits per heavy atom. The van der Waals surface area contributed by atoms with Gasteiger partial charge in [0.15, 0.2) is 0 Å². The molecule has 10 heteroatoms. The van der Waals surface area contributed by atoms with Crippen LogP contribution in [0.3, 0.4) is 0 Å². The van der Waals surface area contributed by atoms with Gasteiger partial charge in [0.2, 0.25) is 5.91 Å². The van der Waals surface area contributed by atoms with Crippen molar-refractivity contribution in [3.63, 3.8) is 0 Å². The van der Waals surface area contributed by atoms with E-state index in [0.29, 0.717) is 17.4 Å². The standard InChI is InChI=1S/C66H127N2O7P/c1-7-10-13-16-19-22-25-28-29-30-31-32-33-34-35-36-37-38-39-41-43-46-49-52-55-58-65(69)67-63(62-74-76(71,72)73-61-60-68(4,5)6)64(57-54-51-48-45-42-27-24-21-18-15-12-9-3)75-66(70)59-56-53-50-47-44-40-26-23-20-17-14-11-8-2/h28-29,40,44,54,57,63-64H,7-27,30-39,41-43,45-53,55-56,58-62H2,1-6H3,(H-,67,69,71,72)/p+1/b29-28+,44-40-,57-54-. The molecule has 3 unspecified atom stereocenters. The van der Waals surface area contributed by atoms with Gasteiger partial charge in [-0.2, -0.15) is 0 Å². The quantitative estimate of drug-likeness (QED) is 0.0205. The summed E-state index contributed by atoms with van der Waals surface area (Å²) in [4.78, 5) is 37.7.